The summed E-state index contributed by atoms with van der Waals surface area (Å²) in [5, 5.41) is 10.5. The maximum Gasteiger partial charge on any atom is 0.249 e. The van der Waals surface area contributed by atoms with Crippen LogP contribution in [0.2, 0.25) is 0 Å². The Morgan fingerprint density at radius 2 is 1.61 bits per heavy atom. The number of aliphatic hydroxyl groups excluding tert-OH is 1. The van der Waals surface area contributed by atoms with Gasteiger partial charge in [-0.3, -0.25) is 14.4 Å². The van der Waals surface area contributed by atoms with Crippen LogP contribution < -0.4 is 0 Å². The molecule has 0 radical (unpaired) electrons. The molecule has 0 aromatic carbocycles. The minimum absolute atomic E-state index is 0.0798. The molecule has 0 bridgehead atoms. The van der Waals surface area contributed by atoms with Crippen molar-refractivity contribution in [2.45, 2.75) is 96.4 Å². The molecule has 2 fully saturated rings. The van der Waals surface area contributed by atoms with Crippen LogP contribution in [0.15, 0.2) is 24.3 Å². The van der Waals surface area contributed by atoms with E-state index in [0.717, 1.165) is 25.7 Å². The zero-order chi connectivity index (χ0) is 27.7. The summed E-state index contributed by atoms with van der Waals surface area (Å²) in [5.41, 5.74) is -2.22. The third-order valence-electron chi connectivity index (χ3n) is 8.92. The Bertz CT molecular complexity index is 964. The van der Waals surface area contributed by atoms with Gasteiger partial charge in [0.25, 0.3) is 0 Å². The van der Waals surface area contributed by atoms with Gasteiger partial charge in [0, 0.05) is 26.2 Å². The summed E-state index contributed by atoms with van der Waals surface area (Å²) < 4.78 is 7.01. The maximum atomic E-state index is 14.5. The highest BCUT2D eigenvalue weighted by Gasteiger charge is 2.75. The fourth-order valence-corrected chi connectivity index (χ4v) is 7.24. The quantitative estimate of drug-likeness (QED) is 0.328. The molecule has 4 heterocycles. The number of carbonyl (C=O) groups is 3. The minimum Gasteiger partial charge on any atom is -0.394 e. The van der Waals surface area contributed by atoms with E-state index in [-0.39, 0.29) is 30.2 Å². The predicted octanol–water partition coefficient (Wildman–Crippen LogP) is 3.15. The standard InChI is InChI=1S/C30H47N3O5/c1-6-9-10-16-32-18-12-14-30-24(27(36)33(25(30)28(32)37)22(20-34)19-21(4)5)23-26(35)31(15-7-2)17-11-13-29(23,8-3)38-30/h11-14,21-25,34H,6-10,15-20H2,1-5H3/t22-,23-,24+,25?,29+,30+/m1/s1. The van der Waals surface area contributed by atoms with Crippen LogP contribution in [0.4, 0.5) is 0 Å². The summed E-state index contributed by atoms with van der Waals surface area (Å²) in [7, 11) is 0. The van der Waals surface area contributed by atoms with Crippen LogP contribution in [0.25, 0.3) is 0 Å². The zero-order valence-corrected chi connectivity index (χ0v) is 23.9. The monoisotopic (exact) mass is 529 g/mol. The first kappa shape index (κ1) is 28.8. The molecular weight excluding hydrogens is 482 g/mol. The normalized spacial score (nSPS) is 33.5. The topological polar surface area (TPSA) is 90.4 Å². The van der Waals surface area contributed by atoms with Crippen LogP contribution in [0.1, 0.15) is 73.1 Å². The second kappa shape index (κ2) is 11.5. The highest BCUT2D eigenvalue weighted by atomic mass is 16.5. The molecule has 0 saturated carbocycles. The molecule has 38 heavy (non-hydrogen) atoms. The van der Waals surface area contributed by atoms with Gasteiger partial charge in [-0.25, -0.2) is 0 Å². The van der Waals surface area contributed by atoms with E-state index in [4.69, 9.17) is 4.74 Å². The fourth-order valence-electron chi connectivity index (χ4n) is 7.24. The second-order valence-electron chi connectivity index (χ2n) is 11.9. The lowest BCUT2D eigenvalue weighted by Crippen LogP contribution is -2.59. The lowest BCUT2D eigenvalue weighted by atomic mass is 9.73. The van der Waals surface area contributed by atoms with Crippen molar-refractivity contribution in [1.29, 1.82) is 0 Å². The highest BCUT2D eigenvalue weighted by molar-refractivity contribution is 6.00. The van der Waals surface area contributed by atoms with Crippen molar-refractivity contribution in [2.24, 2.45) is 17.8 Å². The Morgan fingerprint density at radius 1 is 0.921 bits per heavy atom. The van der Waals surface area contributed by atoms with E-state index >= 15 is 0 Å². The van der Waals surface area contributed by atoms with Crippen molar-refractivity contribution in [3.8, 4) is 0 Å². The molecule has 1 N–H and O–H groups in total. The molecule has 0 aromatic heterocycles. The minimum atomic E-state index is -1.26. The summed E-state index contributed by atoms with van der Waals surface area (Å²) in [6, 6.07) is -1.43. The number of ether oxygens (including phenoxy) is 1. The molecule has 3 amide bonds. The summed E-state index contributed by atoms with van der Waals surface area (Å²) in [5.74, 6) is -1.80. The Hall–Kier alpha value is -2.19. The number of hydrogen-bond donors (Lipinski definition) is 1. The number of unbranched alkanes of at least 4 members (excludes halogenated alkanes) is 2. The van der Waals surface area contributed by atoms with Crippen LogP contribution in [-0.4, -0.2) is 93.6 Å². The maximum absolute atomic E-state index is 14.5. The van der Waals surface area contributed by atoms with Gasteiger partial charge in [-0.1, -0.05) is 71.8 Å². The molecule has 4 rings (SSSR count). The van der Waals surface area contributed by atoms with Gasteiger partial charge < -0.3 is 24.5 Å². The largest absolute Gasteiger partial charge is 0.394 e. The van der Waals surface area contributed by atoms with E-state index in [1.807, 2.05) is 61.8 Å². The van der Waals surface area contributed by atoms with Gasteiger partial charge in [0.1, 0.15) is 11.6 Å². The van der Waals surface area contributed by atoms with Crippen molar-refractivity contribution in [2.75, 3.05) is 32.8 Å². The van der Waals surface area contributed by atoms with E-state index in [9.17, 15) is 19.5 Å². The molecule has 0 aliphatic carbocycles. The summed E-state index contributed by atoms with van der Waals surface area (Å²) in [4.78, 5) is 48.3. The Kier molecular flexibility index (Phi) is 8.72. The van der Waals surface area contributed by atoms with Crippen molar-refractivity contribution < 1.29 is 24.2 Å². The zero-order valence-electron chi connectivity index (χ0n) is 23.9. The van der Waals surface area contributed by atoms with Crippen molar-refractivity contribution in [3.63, 3.8) is 0 Å². The fraction of sp³-hybridized carbons (Fsp3) is 0.767. The van der Waals surface area contributed by atoms with Gasteiger partial charge in [0.2, 0.25) is 17.7 Å². The molecule has 0 aromatic rings. The number of carbonyl (C=O) groups excluding carboxylic acids is 3. The molecule has 8 nitrogen and oxygen atoms in total. The van der Waals surface area contributed by atoms with Gasteiger partial charge in [0.15, 0.2) is 0 Å². The lowest BCUT2D eigenvalue weighted by Gasteiger charge is -2.41. The number of likely N-dealkylation sites (tertiary alicyclic amines) is 1. The van der Waals surface area contributed by atoms with E-state index in [1.165, 1.54) is 0 Å². The molecule has 8 heteroatoms. The van der Waals surface area contributed by atoms with Crippen LogP contribution in [0, 0.1) is 17.8 Å². The smallest absolute Gasteiger partial charge is 0.249 e. The third kappa shape index (κ3) is 4.61. The molecule has 212 valence electrons. The van der Waals surface area contributed by atoms with E-state index in [2.05, 4.69) is 6.92 Å². The number of amides is 3. The average Bonchev–Trinajstić information content (AvgIpc) is 3.19. The SMILES string of the molecule is CCCCCN1CC=C[C@]23O[C@@]4(CC)C=CCN(CCC)C(=O)[C@H]4[C@H]2C(=O)N([C@@H](CO)CC(C)C)C3C1=O. The number of hydrogen-bond acceptors (Lipinski definition) is 5. The van der Waals surface area contributed by atoms with Gasteiger partial charge in [-0.2, -0.15) is 0 Å². The Balaban J connectivity index is 1.86. The molecule has 4 aliphatic heterocycles. The first-order chi connectivity index (χ1) is 18.2. The van der Waals surface area contributed by atoms with Crippen LogP contribution in [-0.2, 0) is 19.1 Å². The molecule has 2 saturated heterocycles. The summed E-state index contributed by atoms with van der Waals surface area (Å²) >= 11 is 0. The van der Waals surface area contributed by atoms with Gasteiger partial charge in [-0.05, 0) is 31.6 Å². The summed E-state index contributed by atoms with van der Waals surface area (Å²) in [6.45, 7) is 12.2. The number of nitrogens with zero attached hydrogens (tertiary/aromatic N) is 3. The third-order valence-corrected chi connectivity index (χ3v) is 8.92. The average molecular weight is 530 g/mol. The Morgan fingerprint density at radius 3 is 2.21 bits per heavy atom. The van der Waals surface area contributed by atoms with E-state index in [0.29, 0.717) is 39.0 Å². The van der Waals surface area contributed by atoms with E-state index in [1.54, 1.807) is 4.90 Å². The van der Waals surface area contributed by atoms with Gasteiger partial charge in [-0.15, -0.1) is 0 Å². The molecule has 1 unspecified atom stereocenters. The van der Waals surface area contributed by atoms with E-state index < -0.39 is 35.1 Å². The van der Waals surface area contributed by atoms with Gasteiger partial charge in [0.05, 0.1) is 30.1 Å². The van der Waals surface area contributed by atoms with Crippen LogP contribution >= 0.6 is 0 Å². The molecular formula is C30H47N3O5. The molecule has 4 aliphatic rings. The number of rotatable bonds is 11. The van der Waals surface area contributed by atoms with Gasteiger partial charge >= 0.3 is 0 Å². The highest BCUT2D eigenvalue weighted by Crippen LogP contribution is 2.59. The predicted molar refractivity (Wildman–Crippen MR) is 146 cm³/mol. The second-order valence-corrected chi connectivity index (χ2v) is 11.9. The Labute approximate surface area is 228 Å². The van der Waals surface area contributed by atoms with Crippen LogP contribution in [0.3, 0.4) is 0 Å². The van der Waals surface area contributed by atoms with Crippen molar-refractivity contribution >= 4 is 17.7 Å². The first-order valence-corrected chi connectivity index (χ1v) is 14.8. The number of fused-ring (bicyclic) bond motifs is 2. The molecule has 6 atom stereocenters. The molecule has 1 spiro atoms. The van der Waals surface area contributed by atoms with Crippen molar-refractivity contribution in [1.82, 2.24) is 14.7 Å². The van der Waals surface area contributed by atoms with Crippen LogP contribution in [0.5, 0.6) is 0 Å². The first-order valence-electron chi connectivity index (χ1n) is 14.8. The number of aliphatic hydroxyl groups is 1. The lowest BCUT2D eigenvalue weighted by molar-refractivity contribution is -0.157. The van der Waals surface area contributed by atoms with Crippen molar-refractivity contribution in [3.05, 3.63) is 24.3 Å². The summed E-state index contributed by atoms with van der Waals surface area (Å²) in [6.07, 6.45) is 12.7.